The van der Waals surface area contributed by atoms with Gasteiger partial charge in [0.25, 0.3) is 10.9 Å². The molecule has 0 spiro atoms. The molecule has 0 aromatic heterocycles. The molecule has 0 bridgehead atoms. The van der Waals surface area contributed by atoms with Gasteiger partial charge in [0.05, 0.1) is 6.61 Å². The third kappa shape index (κ3) is 2.66. The summed E-state index contributed by atoms with van der Waals surface area (Å²) in [5.74, 6) is 0.732. The van der Waals surface area contributed by atoms with Crippen LogP contribution in [0.5, 0.6) is 0 Å². The van der Waals surface area contributed by atoms with Gasteiger partial charge in [0, 0.05) is 0 Å². The molecular weight excluding hydrogens is 220 g/mol. The second-order valence-corrected chi connectivity index (χ2v) is 4.69. The van der Waals surface area contributed by atoms with Crippen molar-refractivity contribution in [3.8, 4) is 0 Å². The highest BCUT2D eigenvalue weighted by Gasteiger charge is 2.18. The SMILES string of the molecule is Nc1c(NOCCC2CCCCC2)c(=O)c1=O. The number of nitrogens with two attached hydrogens (primary N) is 1. The first-order valence-electron chi connectivity index (χ1n) is 6.16. The lowest BCUT2D eigenvalue weighted by molar-refractivity contribution is 0.162. The molecule has 3 N–H and O–H groups in total. The molecular formula is C12H18N2O3. The van der Waals surface area contributed by atoms with Crippen molar-refractivity contribution in [2.45, 2.75) is 38.5 Å². The van der Waals surface area contributed by atoms with E-state index in [2.05, 4.69) is 5.48 Å². The Labute approximate surface area is 99.6 Å². The van der Waals surface area contributed by atoms with Gasteiger partial charge in [-0.3, -0.25) is 19.9 Å². The fraction of sp³-hybridized carbons (Fsp3) is 0.667. The molecule has 0 heterocycles. The maximum absolute atomic E-state index is 11.0. The minimum Gasteiger partial charge on any atom is -0.394 e. The Bertz CT molecular complexity index is 443. The second kappa shape index (κ2) is 5.31. The molecule has 94 valence electrons. The van der Waals surface area contributed by atoms with Gasteiger partial charge < -0.3 is 5.73 Å². The normalized spacial score (nSPS) is 17.4. The predicted octanol–water partition coefficient (Wildman–Crippen LogP) is 1.18. The first-order valence-corrected chi connectivity index (χ1v) is 6.16. The molecule has 5 heteroatoms. The highest BCUT2D eigenvalue weighted by Crippen LogP contribution is 2.26. The third-order valence-electron chi connectivity index (χ3n) is 3.47. The molecule has 0 aliphatic heterocycles. The Kier molecular flexibility index (Phi) is 3.78. The molecule has 0 saturated heterocycles. The van der Waals surface area contributed by atoms with E-state index in [9.17, 15) is 9.59 Å². The van der Waals surface area contributed by atoms with Crippen LogP contribution in [0.15, 0.2) is 9.59 Å². The summed E-state index contributed by atoms with van der Waals surface area (Å²) in [5, 5.41) is 0. The van der Waals surface area contributed by atoms with Crippen LogP contribution in [0.4, 0.5) is 11.4 Å². The number of hydrogen-bond acceptors (Lipinski definition) is 5. The number of nitrogen functional groups attached to an aromatic ring is 1. The van der Waals surface area contributed by atoms with Crippen molar-refractivity contribution in [3.63, 3.8) is 0 Å². The van der Waals surface area contributed by atoms with Crippen LogP contribution >= 0.6 is 0 Å². The van der Waals surface area contributed by atoms with E-state index >= 15 is 0 Å². The summed E-state index contributed by atoms with van der Waals surface area (Å²) in [6, 6.07) is 0. The van der Waals surface area contributed by atoms with Crippen LogP contribution in [0.2, 0.25) is 0 Å². The number of rotatable bonds is 5. The first-order chi connectivity index (χ1) is 8.20. The number of hydrogen-bond donors (Lipinski definition) is 2. The molecule has 5 nitrogen and oxygen atoms in total. The van der Waals surface area contributed by atoms with Crippen molar-refractivity contribution in [3.05, 3.63) is 20.4 Å². The lowest BCUT2D eigenvalue weighted by Gasteiger charge is -2.21. The zero-order valence-electron chi connectivity index (χ0n) is 9.83. The van der Waals surface area contributed by atoms with E-state index in [0.717, 1.165) is 12.3 Å². The zero-order chi connectivity index (χ0) is 12.3. The van der Waals surface area contributed by atoms with Crippen LogP contribution in [-0.4, -0.2) is 6.61 Å². The zero-order valence-corrected chi connectivity index (χ0v) is 9.83. The van der Waals surface area contributed by atoms with Crippen molar-refractivity contribution in [1.29, 1.82) is 0 Å². The monoisotopic (exact) mass is 238 g/mol. The number of anilines is 2. The minimum atomic E-state index is -0.622. The maximum atomic E-state index is 11.0. The van der Waals surface area contributed by atoms with Crippen LogP contribution in [0.3, 0.4) is 0 Å². The van der Waals surface area contributed by atoms with Gasteiger partial charge in [0.1, 0.15) is 11.4 Å². The minimum absolute atomic E-state index is 0.0207. The summed E-state index contributed by atoms with van der Waals surface area (Å²) in [6.45, 7) is 0.545. The van der Waals surface area contributed by atoms with Crippen LogP contribution in [0, 0.1) is 5.92 Å². The molecule has 0 atom stereocenters. The molecule has 1 aliphatic carbocycles. The van der Waals surface area contributed by atoms with Crippen molar-refractivity contribution in [1.82, 2.24) is 0 Å². The van der Waals surface area contributed by atoms with Gasteiger partial charge in [-0.05, 0) is 12.3 Å². The largest absolute Gasteiger partial charge is 0.394 e. The van der Waals surface area contributed by atoms with E-state index in [-0.39, 0.29) is 11.4 Å². The van der Waals surface area contributed by atoms with Gasteiger partial charge in [-0.15, -0.1) is 0 Å². The van der Waals surface area contributed by atoms with E-state index in [1.54, 1.807) is 0 Å². The summed E-state index contributed by atoms with van der Waals surface area (Å²) in [7, 11) is 0. The van der Waals surface area contributed by atoms with E-state index in [0.29, 0.717) is 6.61 Å². The van der Waals surface area contributed by atoms with E-state index in [4.69, 9.17) is 10.6 Å². The molecule has 0 unspecified atom stereocenters. The Balaban J connectivity index is 1.67. The molecule has 17 heavy (non-hydrogen) atoms. The summed E-state index contributed by atoms with van der Waals surface area (Å²) >= 11 is 0. The fourth-order valence-electron chi connectivity index (χ4n) is 2.34. The predicted molar refractivity (Wildman–Crippen MR) is 66.5 cm³/mol. The summed E-state index contributed by atoms with van der Waals surface area (Å²) in [6.07, 6.45) is 7.49. The molecule has 1 aromatic rings. The molecule has 2 rings (SSSR count). The third-order valence-corrected chi connectivity index (χ3v) is 3.47. The van der Waals surface area contributed by atoms with Crippen molar-refractivity contribution >= 4 is 11.4 Å². The molecule has 1 fully saturated rings. The number of nitrogens with one attached hydrogen (secondary N) is 1. The molecule has 1 aromatic carbocycles. The smallest absolute Gasteiger partial charge is 0.255 e. The van der Waals surface area contributed by atoms with Gasteiger partial charge in [0.2, 0.25) is 0 Å². The molecule has 1 aliphatic rings. The van der Waals surface area contributed by atoms with Crippen molar-refractivity contribution < 1.29 is 4.84 Å². The van der Waals surface area contributed by atoms with E-state index in [1.807, 2.05) is 0 Å². The summed E-state index contributed by atoms with van der Waals surface area (Å²) in [5.41, 5.74) is 6.71. The Morgan fingerprint density at radius 1 is 1.18 bits per heavy atom. The quantitative estimate of drug-likeness (QED) is 0.457. The first kappa shape index (κ1) is 12.1. The molecule has 1 saturated carbocycles. The lowest BCUT2D eigenvalue weighted by atomic mass is 9.87. The second-order valence-electron chi connectivity index (χ2n) is 4.69. The standard InChI is InChI=1S/C12H18N2O3/c13-9-10(12(16)11(9)15)14-17-7-6-8-4-2-1-3-5-8/h8,14H,1-7,13H2. The van der Waals surface area contributed by atoms with Gasteiger partial charge in [-0.25, -0.2) is 0 Å². The van der Waals surface area contributed by atoms with Crippen LogP contribution in [-0.2, 0) is 4.84 Å². The maximum Gasteiger partial charge on any atom is 0.255 e. The Morgan fingerprint density at radius 2 is 1.88 bits per heavy atom. The average Bonchev–Trinajstić information content (AvgIpc) is 2.38. The fourth-order valence-corrected chi connectivity index (χ4v) is 2.34. The van der Waals surface area contributed by atoms with Gasteiger partial charge >= 0.3 is 0 Å². The topological polar surface area (TPSA) is 81.4 Å². The molecule has 0 radical (unpaired) electrons. The van der Waals surface area contributed by atoms with Crippen LogP contribution < -0.4 is 22.1 Å². The highest BCUT2D eigenvalue weighted by molar-refractivity contribution is 5.70. The molecule has 0 amide bonds. The van der Waals surface area contributed by atoms with Gasteiger partial charge in [-0.2, -0.15) is 0 Å². The van der Waals surface area contributed by atoms with Crippen LogP contribution in [0.1, 0.15) is 38.5 Å². The lowest BCUT2D eigenvalue weighted by Crippen LogP contribution is -2.37. The van der Waals surface area contributed by atoms with Crippen molar-refractivity contribution in [2.24, 2.45) is 5.92 Å². The summed E-state index contributed by atoms with van der Waals surface area (Å²) < 4.78 is 0. The Hall–Kier alpha value is -1.36. The summed E-state index contributed by atoms with van der Waals surface area (Å²) in [4.78, 5) is 27.0. The highest BCUT2D eigenvalue weighted by atomic mass is 16.6. The average molecular weight is 238 g/mol. The van der Waals surface area contributed by atoms with Crippen molar-refractivity contribution in [2.75, 3.05) is 17.8 Å². The van der Waals surface area contributed by atoms with E-state index in [1.165, 1.54) is 32.1 Å². The van der Waals surface area contributed by atoms with E-state index < -0.39 is 10.9 Å². The van der Waals surface area contributed by atoms with Crippen LogP contribution in [0.25, 0.3) is 0 Å². The van der Waals surface area contributed by atoms with Gasteiger partial charge in [-0.1, -0.05) is 32.1 Å². The Morgan fingerprint density at radius 3 is 2.53 bits per heavy atom. The van der Waals surface area contributed by atoms with Gasteiger partial charge in [0.15, 0.2) is 0 Å².